The number of amides is 3. The predicted molar refractivity (Wildman–Crippen MR) is 120 cm³/mol. The first-order valence-corrected chi connectivity index (χ1v) is 9.40. The van der Waals surface area contributed by atoms with Gasteiger partial charge in [0.25, 0.3) is 0 Å². The second kappa shape index (κ2) is 10.2. The Morgan fingerprint density at radius 1 is 1.04 bits per heavy atom. The summed E-state index contributed by atoms with van der Waals surface area (Å²) < 4.78 is 1.18. The lowest BCUT2D eigenvalue weighted by Crippen LogP contribution is -2.26. The second-order valence-corrected chi connectivity index (χ2v) is 7.20. The van der Waals surface area contributed by atoms with Crippen LogP contribution in [0.2, 0.25) is 5.02 Å². The molecular weight excluding hydrogens is 398 g/mol. The van der Waals surface area contributed by atoms with Crippen LogP contribution in [-0.2, 0) is 4.79 Å². The number of urea groups is 1. The van der Waals surface area contributed by atoms with Crippen LogP contribution in [0.5, 0.6) is 0 Å². The smallest absolute Gasteiger partial charge is 0.336 e. The summed E-state index contributed by atoms with van der Waals surface area (Å²) in [6.45, 7) is 3.07. The molecule has 0 atom stereocenters. The molecule has 3 amide bonds. The van der Waals surface area contributed by atoms with Crippen LogP contribution >= 0.6 is 24.4 Å². The number of nitrogens with zero attached hydrogens (tertiary/aromatic N) is 2. The van der Waals surface area contributed by atoms with Crippen LogP contribution < -0.4 is 20.3 Å². The summed E-state index contributed by atoms with van der Waals surface area (Å²) in [4.78, 5) is 25.6. The molecule has 0 saturated heterocycles. The molecule has 0 radical (unpaired) electrons. The SMILES string of the molecule is CC(=O)Nc1ccc(N(S)C(=O)Nc2ccc(NCCN(C)C)c(Cl)c2)cc1. The van der Waals surface area contributed by atoms with Crippen LogP contribution in [0.25, 0.3) is 0 Å². The topological polar surface area (TPSA) is 76.7 Å². The molecule has 2 aromatic rings. The highest BCUT2D eigenvalue weighted by Crippen LogP contribution is 2.26. The number of benzene rings is 2. The lowest BCUT2D eigenvalue weighted by atomic mass is 10.2. The number of thiol groups is 1. The van der Waals surface area contributed by atoms with E-state index in [1.165, 1.54) is 11.2 Å². The minimum absolute atomic E-state index is 0.162. The lowest BCUT2D eigenvalue weighted by molar-refractivity contribution is -0.114. The summed E-state index contributed by atoms with van der Waals surface area (Å²) in [6.07, 6.45) is 0. The van der Waals surface area contributed by atoms with E-state index in [0.29, 0.717) is 22.1 Å². The Labute approximate surface area is 175 Å². The molecule has 9 heteroatoms. The Kier molecular flexibility index (Phi) is 7.98. The molecule has 7 nitrogen and oxygen atoms in total. The minimum Gasteiger partial charge on any atom is -0.383 e. The zero-order valence-corrected chi connectivity index (χ0v) is 17.6. The van der Waals surface area contributed by atoms with Crippen molar-refractivity contribution in [3.8, 4) is 0 Å². The van der Waals surface area contributed by atoms with E-state index in [1.807, 2.05) is 20.2 Å². The number of carbonyl (C=O) groups excluding carboxylic acids is 2. The van der Waals surface area contributed by atoms with Gasteiger partial charge in [0, 0.05) is 31.4 Å². The molecule has 0 heterocycles. The first-order valence-electron chi connectivity index (χ1n) is 8.62. The average Bonchev–Trinajstić information content (AvgIpc) is 2.63. The van der Waals surface area contributed by atoms with Crippen LogP contribution in [0, 0.1) is 0 Å². The van der Waals surface area contributed by atoms with Gasteiger partial charge in [0.1, 0.15) is 0 Å². The number of hydrogen-bond acceptors (Lipinski definition) is 5. The van der Waals surface area contributed by atoms with Crippen LogP contribution in [0.3, 0.4) is 0 Å². The van der Waals surface area contributed by atoms with Gasteiger partial charge in [-0.05, 0) is 56.6 Å². The van der Waals surface area contributed by atoms with Gasteiger partial charge in [0.15, 0.2) is 0 Å². The third-order valence-electron chi connectivity index (χ3n) is 3.72. The Morgan fingerprint density at radius 3 is 2.25 bits per heavy atom. The zero-order chi connectivity index (χ0) is 20.7. The van der Waals surface area contributed by atoms with Crippen molar-refractivity contribution in [3.63, 3.8) is 0 Å². The third-order valence-corrected chi connectivity index (χ3v) is 4.44. The largest absolute Gasteiger partial charge is 0.383 e. The molecule has 3 N–H and O–H groups in total. The molecule has 2 rings (SSSR count). The maximum Gasteiger partial charge on any atom is 0.336 e. The number of likely N-dealkylation sites (N-methyl/N-ethyl adjacent to an activating group) is 1. The molecule has 0 spiro atoms. The van der Waals surface area contributed by atoms with Crippen molar-refractivity contribution in [2.24, 2.45) is 0 Å². The molecule has 0 fully saturated rings. The van der Waals surface area contributed by atoms with Gasteiger partial charge in [-0.25, -0.2) is 9.10 Å². The van der Waals surface area contributed by atoms with Gasteiger partial charge in [0.05, 0.1) is 16.4 Å². The summed E-state index contributed by atoms with van der Waals surface area (Å²) >= 11 is 10.5. The van der Waals surface area contributed by atoms with Crippen molar-refractivity contribution in [1.29, 1.82) is 0 Å². The molecule has 0 unspecified atom stereocenters. The minimum atomic E-state index is -0.431. The van der Waals surface area contributed by atoms with Crippen molar-refractivity contribution in [1.82, 2.24) is 4.90 Å². The average molecular weight is 422 g/mol. The first-order chi connectivity index (χ1) is 13.3. The van der Waals surface area contributed by atoms with Gasteiger partial charge in [-0.3, -0.25) is 4.79 Å². The summed E-state index contributed by atoms with van der Waals surface area (Å²) in [5.41, 5.74) is 2.56. The number of nitrogens with one attached hydrogen (secondary N) is 3. The summed E-state index contributed by atoms with van der Waals surface area (Å²) in [5, 5.41) is 9.18. The number of rotatable bonds is 7. The van der Waals surface area contributed by atoms with E-state index in [2.05, 4.69) is 33.7 Å². The van der Waals surface area contributed by atoms with E-state index in [1.54, 1.807) is 36.4 Å². The highest BCUT2D eigenvalue weighted by molar-refractivity contribution is 7.82. The normalized spacial score (nSPS) is 10.5. The van der Waals surface area contributed by atoms with E-state index in [0.717, 1.165) is 18.8 Å². The molecule has 0 saturated carbocycles. The van der Waals surface area contributed by atoms with Gasteiger partial charge in [-0.2, -0.15) is 0 Å². The van der Waals surface area contributed by atoms with Gasteiger partial charge >= 0.3 is 6.03 Å². The number of carbonyl (C=O) groups is 2. The van der Waals surface area contributed by atoms with E-state index < -0.39 is 6.03 Å². The van der Waals surface area contributed by atoms with Crippen molar-refractivity contribution in [2.45, 2.75) is 6.92 Å². The van der Waals surface area contributed by atoms with Gasteiger partial charge in [-0.15, -0.1) is 0 Å². The van der Waals surface area contributed by atoms with Crippen LogP contribution in [0.1, 0.15) is 6.92 Å². The fraction of sp³-hybridized carbons (Fsp3) is 0.263. The molecule has 0 aromatic heterocycles. The van der Waals surface area contributed by atoms with E-state index in [-0.39, 0.29) is 5.91 Å². The van der Waals surface area contributed by atoms with Gasteiger partial charge in [-0.1, -0.05) is 24.4 Å². The Balaban J connectivity index is 1.97. The van der Waals surface area contributed by atoms with E-state index >= 15 is 0 Å². The lowest BCUT2D eigenvalue weighted by Gasteiger charge is -2.18. The van der Waals surface area contributed by atoms with Gasteiger partial charge < -0.3 is 20.9 Å². The molecule has 0 aliphatic carbocycles. The predicted octanol–water partition coefficient (Wildman–Crippen LogP) is 4.16. The monoisotopic (exact) mass is 421 g/mol. The Bertz CT molecular complexity index is 830. The number of anilines is 4. The highest BCUT2D eigenvalue weighted by atomic mass is 35.5. The molecular formula is C19H24ClN5O2S. The fourth-order valence-corrected chi connectivity index (χ4v) is 2.76. The number of hydrogen-bond donors (Lipinski definition) is 4. The fourth-order valence-electron chi connectivity index (χ4n) is 2.33. The van der Waals surface area contributed by atoms with Crippen LogP contribution in [0.4, 0.5) is 27.5 Å². The van der Waals surface area contributed by atoms with Gasteiger partial charge in [0.2, 0.25) is 5.91 Å². The van der Waals surface area contributed by atoms with Crippen LogP contribution in [-0.4, -0.2) is 44.0 Å². The maximum atomic E-state index is 12.4. The Morgan fingerprint density at radius 2 is 1.68 bits per heavy atom. The summed E-state index contributed by atoms with van der Waals surface area (Å²) in [6, 6.07) is 11.6. The molecule has 0 bridgehead atoms. The molecule has 0 aliphatic rings. The molecule has 28 heavy (non-hydrogen) atoms. The van der Waals surface area contributed by atoms with E-state index in [4.69, 9.17) is 11.6 Å². The molecule has 150 valence electrons. The van der Waals surface area contributed by atoms with Crippen LogP contribution in [0.15, 0.2) is 42.5 Å². The molecule has 2 aromatic carbocycles. The van der Waals surface area contributed by atoms with Crippen molar-refractivity contribution >= 4 is 59.1 Å². The molecule has 0 aliphatic heterocycles. The standard InChI is InChI=1S/C19H24ClN5O2S/c1-13(26)22-14-4-7-16(8-5-14)25(28)19(27)23-15-6-9-18(17(20)12-15)21-10-11-24(2)3/h4-9,12,21,28H,10-11H2,1-3H3,(H,22,26)(H,23,27). The highest BCUT2D eigenvalue weighted by Gasteiger charge is 2.13. The number of halogens is 1. The van der Waals surface area contributed by atoms with Crippen molar-refractivity contribution in [2.75, 3.05) is 47.4 Å². The zero-order valence-electron chi connectivity index (χ0n) is 16.0. The summed E-state index contributed by atoms with van der Waals surface area (Å²) in [7, 11) is 4.00. The maximum absolute atomic E-state index is 12.4. The summed E-state index contributed by atoms with van der Waals surface area (Å²) in [5.74, 6) is -0.162. The first kappa shape index (κ1) is 21.9. The van der Waals surface area contributed by atoms with E-state index in [9.17, 15) is 9.59 Å². The third kappa shape index (κ3) is 6.63. The Hall–Kier alpha value is -2.42. The quantitative estimate of drug-likeness (QED) is 0.506. The second-order valence-electron chi connectivity index (χ2n) is 6.39. The van der Waals surface area contributed by atoms with Crippen molar-refractivity contribution in [3.05, 3.63) is 47.5 Å². The van der Waals surface area contributed by atoms with Crippen molar-refractivity contribution < 1.29 is 9.59 Å².